The Balaban J connectivity index is 2.04. The van der Waals surface area contributed by atoms with Crippen LogP contribution in [0.25, 0.3) is 0 Å². The number of anilines is 1. The van der Waals surface area contributed by atoms with Gasteiger partial charge < -0.3 is 4.74 Å². The quantitative estimate of drug-likeness (QED) is 0.862. The molecule has 3 rings (SSSR count). The maximum atomic E-state index is 11.6. The summed E-state index contributed by atoms with van der Waals surface area (Å²) in [6.07, 6.45) is 1.79. The highest BCUT2D eigenvalue weighted by Gasteiger charge is 2.27. The smallest absolute Gasteiger partial charge is 0.229 e. The molecule has 0 aliphatic carbocycles. The zero-order valence-corrected chi connectivity index (χ0v) is 9.83. The molecule has 1 aromatic carbocycles. The highest BCUT2D eigenvalue weighted by Crippen LogP contribution is 2.29. The second-order valence-corrected chi connectivity index (χ2v) is 4.07. The number of fused-ring (bicyclic) bond motifs is 1. The third-order valence-corrected chi connectivity index (χ3v) is 2.98. The summed E-state index contributed by atoms with van der Waals surface area (Å²) in [5.41, 5.74) is 0.982. The number of nitrogens with one attached hydrogen (secondary N) is 1. The summed E-state index contributed by atoms with van der Waals surface area (Å²) < 4.78 is 6.91. The van der Waals surface area contributed by atoms with Crippen LogP contribution >= 0.6 is 0 Å². The number of benzene rings is 1. The molecule has 2 aromatic rings. The van der Waals surface area contributed by atoms with Crippen LogP contribution in [0.3, 0.4) is 0 Å². The van der Waals surface area contributed by atoms with Gasteiger partial charge in [-0.3, -0.25) is 10.1 Å². The summed E-state index contributed by atoms with van der Waals surface area (Å²) in [5.74, 6) is 1.20. The van der Waals surface area contributed by atoms with Gasteiger partial charge in [-0.15, -0.1) is 0 Å². The molecule has 0 radical (unpaired) electrons. The van der Waals surface area contributed by atoms with Crippen LogP contribution in [0.1, 0.15) is 18.0 Å². The molecule has 2 heterocycles. The van der Waals surface area contributed by atoms with Crippen molar-refractivity contribution in [1.82, 2.24) is 14.8 Å². The molecule has 0 saturated carbocycles. The molecule has 0 unspecified atom stereocenters. The lowest BCUT2D eigenvalue weighted by Crippen LogP contribution is -2.29. The van der Waals surface area contributed by atoms with Crippen LogP contribution in [0.2, 0.25) is 0 Å². The Kier molecular flexibility index (Phi) is 2.47. The van der Waals surface area contributed by atoms with E-state index < -0.39 is 0 Å². The molecular weight excluding hydrogens is 232 g/mol. The summed E-state index contributed by atoms with van der Waals surface area (Å²) in [7, 11) is 1.62. The van der Waals surface area contributed by atoms with Crippen molar-refractivity contribution in [1.29, 1.82) is 0 Å². The van der Waals surface area contributed by atoms with Gasteiger partial charge >= 0.3 is 0 Å². The summed E-state index contributed by atoms with van der Waals surface area (Å²) in [4.78, 5) is 15.7. The molecule has 1 atom stereocenters. The Hall–Kier alpha value is -2.37. The number of nitrogens with zero attached hydrogens (tertiary/aromatic N) is 3. The molecule has 6 nitrogen and oxygen atoms in total. The van der Waals surface area contributed by atoms with Crippen molar-refractivity contribution < 1.29 is 9.53 Å². The van der Waals surface area contributed by atoms with Gasteiger partial charge in [0.15, 0.2) is 0 Å². The Morgan fingerprint density at radius 1 is 1.50 bits per heavy atom. The van der Waals surface area contributed by atoms with E-state index in [1.807, 2.05) is 24.3 Å². The average molecular weight is 244 g/mol. The SMILES string of the molecule is COc1cccc([C@@H]2CC(=O)Nc3ncnn32)c1. The van der Waals surface area contributed by atoms with Crippen molar-refractivity contribution in [2.45, 2.75) is 12.5 Å². The molecule has 1 amide bonds. The molecule has 1 aliphatic heterocycles. The molecule has 0 fully saturated rings. The second-order valence-electron chi connectivity index (χ2n) is 4.07. The van der Waals surface area contributed by atoms with Crippen LogP contribution in [-0.2, 0) is 4.79 Å². The van der Waals surface area contributed by atoms with Crippen LogP contribution in [0.5, 0.6) is 5.75 Å². The van der Waals surface area contributed by atoms with Crippen LogP contribution in [-0.4, -0.2) is 27.8 Å². The molecule has 1 aliphatic rings. The van der Waals surface area contributed by atoms with Gasteiger partial charge in [-0.25, -0.2) is 4.68 Å². The van der Waals surface area contributed by atoms with E-state index in [0.717, 1.165) is 11.3 Å². The highest BCUT2D eigenvalue weighted by molar-refractivity contribution is 5.91. The van der Waals surface area contributed by atoms with Gasteiger partial charge in [-0.2, -0.15) is 10.1 Å². The maximum Gasteiger partial charge on any atom is 0.229 e. The Labute approximate surface area is 104 Å². The van der Waals surface area contributed by atoms with Crippen molar-refractivity contribution in [3.8, 4) is 5.75 Å². The van der Waals surface area contributed by atoms with E-state index in [1.165, 1.54) is 6.33 Å². The lowest BCUT2D eigenvalue weighted by molar-refractivity contribution is -0.117. The number of rotatable bonds is 2. The number of hydrogen-bond donors (Lipinski definition) is 1. The van der Waals surface area contributed by atoms with Crippen molar-refractivity contribution in [2.75, 3.05) is 12.4 Å². The van der Waals surface area contributed by atoms with Crippen LogP contribution in [0.15, 0.2) is 30.6 Å². The number of carbonyl (C=O) groups excluding carboxylic acids is 1. The minimum atomic E-state index is -0.133. The first-order valence-electron chi connectivity index (χ1n) is 5.61. The second kappa shape index (κ2) is 4.14. The Morgan fingerprint density at radius 2 is 2.39 bits per heavy atom. The molecule has 92 valence electrons. The summed E-state index contributed by atoms with van der Waals surface area (Å²) in [6.45, 7) is 0. The number of ether oxygens (including phenoxy) is 1. The Bertz CT molecular complexity index is 593. The zero-order valence-electron chi connectivity index (χ0n) is 9.83. The predicted molar refractivity (Wildman–Crippen MR) is 64.4 cm³/mol. The number of amides is 1. The highest BCUT2D eigenvalue weighted by atomic mass is 16.5. The lowest BCUT2D eigenvalue weighted by atomic mass is 10.0. The standard InChI is InChI=1S/C12H12N4O2/c1-18-9-4-2-3-8(5-9)10-6-11(17)15-12-13-7-14-16(10)12/h2-5,7,10H,6H2,1H3,(H,13,14,15,17)/t10-/m0/s1. The van der Waals surface area contributed by atoms with Gasteiger partial charge in [0.05, 0.1) is 19.6 Å². The van der Waals surface area contributed by atoms with Gasteiger partial charge in [-0.05, 0) is 17.7 Å². The van der Waals surface area contributed by atoms with Crippen molar-refractivity contribution >= 4 is 11.9 Å². The van der Waals surface area contributed by atoms with Gasteiger partial charge in [-0.1, -0.05) is 12.1 Å². The van der Waals surface area contributed by atoms with E-state index in [0.29, 0.717) is 12.4 Å². The molecule has 0 bridgehead atoms. The van der Waals surface area contributed by atoms with Gasteiger partial charge in [0.25, 0.3) is 0 Å². The lowest BCUT2D eigenvalue weighted by Gasteiger charge is -2.23. The third-order valence-electron chi connectivity index (χ3n) is 2.98. The van der Waals surface area contributed by atoms with Crippen molar-refractivity contribution in [3.05, 3.63) is 36.2 Å². The topological polar surface area (TPSA) is 69.0 Å². The first-order valence-corrected chi connectivity index (χ1v) is 5.61. The van der Waals surface area contributed by atoms with E-state index in [-0.39, 0.29) is 11.9 Å². The third kappa shape index (κ3) is 1.71. The molecule has 1 N–H and O–H groups in total. The zero-order chi connectivity index (χ0) is 12.5. The van der Waals surface area contributed by atoms with E-state index >= 15 is 0 Å². The first-order chi connectivity index (χ1) is 8.78. The van der Waals surface area contributed by atoms with Crippen molar-refractivity contribution in [3.63, 3.8) is 0 Å². The van der Waals surface area contributed by atoms with E-state index in [2.05, 4.69) is 15.4 Å². The van der Waals surface area contributed by atoms with Crippen molar-refractivity contribution in [2.24, 2.45) is 0 Å². The molecule has 0 spiro atoms. The largest absolute Gasteiger partial charge is 0.497 e. The molecular formula is C12H12N4O2. The summed E-state index contributed by atoms with van der Waals surface area (Å²) in [5, 5.41) is 6.84. The maximum absolute atomic E-state index is 11.6. The fraction of sp³-hybridized carbons (Fsp3) is 0.250. The molecule has 6 heteroatoms. The van der Waals surface area contributed by atoms with E-state index in [9.17, 15) is 4.79 Å². The fourth-order valence-electron chi connectivity index (χ4n) is 2.11. The Morgan fingerprint density at radius 3 is 3.22 bits per heavy atom. The normalized spacial score (nSPS) is 18.1. The minimum Gasteiger partial charge on any atom is -0.497 e. The number of methoxy groups -OCH3 is 1. The number of carbonyl (C=O) groups is 1. The first kappa shape index (κ1) is 10.8. The summed E-state index contributed by atoms with van der Waals surface area (Å²) in [6, 6.07) is 7.50. The molecule has 1 aromatic heterocycles. The number of hydrogen-bond acceptors (Lipinski definition) is 4. The molecule has 18 heavy (non-hydrogen) atoms. The van der Waals surface area contributed by atoms with Crippen LogP contribution in [0.4, 0.5) is 5.95 Å². The van der Waals surface area contributed by atoms with E-state index in [4.69, 9.17) is 4.74 Å². The fourth-order valence-corrected chi connectivity index (χ4v) is 2.11. The minimum absolute atomic E-state index is 0.0525. The monoisotopic (exact) mass is 244 g/mol. The summed E-state index contributed by atoms with van der Waals surface area (Å²) >= 11 is 0. The predicted octanol–water partition coefficient (Wildman–Crippen LogP) is 1.22. The van der Waals surface area contributed by atoms with Gasteiger partial charge in [0, 0.05) is 0 Å². The molecule has 0 saturated heterocycles. The van der Waals surface area contributed by atoms with Gasteiger partial charge in [0.1, 0.15) is 12.1 Å². The number of aromatic nitrogens is 3. The van der Waals surface area contributed by atoms with Crippen LogP contribution < -0.4 is 10.1 Å². The van der Waals surface area contributed by atoms with Gasteiger partial charge in [0.2, 0.25) is 11.9 Å². The van der Waals surface area contributed by atoms with E-state index in [1.54, 1.807) is 11.8 Å². The average Bonchev–Trinajstić information content (AvgIpc) is 2.85. The van der Waals surface area contributed by atoms with Crippen LogP contribution in [0, 0.1) is 0 Å².